The van der Waals surface area contributed by atoms with Crippen LogP contribution in [0.2, 0.25) is 12.1 Å². The zero-order valence-electron chi connectivity index (χ0n) is 12.4. The van der Waals surface area contributed by atoms with Gasteiger partial charge in [-0.15, -0.1) is 0 Å². The largest absolute Gasteiger partial charge is 0.500 e. The normalized spacial score (nSPS) is 12.6. The van der Waals surface area contributed by atoms with E-state index < -0.39 is 18.6 Å². The van der Waals surface area contributed by atoms with Crippen molar-refractivity contribution in [1.29, 1.82) is 0 Å². The minimum atomic E-state index is -2.39. The molecule has 0 aromatic carbocycles. The van der Waals surface area contributed by atoms with Crippen LogP contribution in [0.4, 0.5) is 0 Å². The van der Waals surface area contributed by atoms with Crippen LogP contribution in [0.5, 0.6) is 0 Å². The third kappa shape index (κ3) is 9.65. The first-order chi connectivity index (χ1) is 9.24. The molecule has 9 heteroatoms. The smallest absolute Gasteiger partial charge is 0.377 e. The maximum atomic E-state index is 5.35. The fourth-order valence-electron chi connectivity index (χ4n) is 1.60. The predicted molar refractivity (Wildman–Crippen MR) is 76.2 cm³/mol. The summed E-state index contributed by atoms with van der Waals surface area (Å²) in [5.74, 6) is 0. The van der Waals surface area contributed by atoms with Crippen LogP contribution in [-0.4, -0.2) is 60.1 Å². The summed E-state index contributed by atoms with van der Waals surface area (Å²) in [6.45, 7) is 1.91. The fourth-order valence-corrected chi connectivity index (χ4v) is 4.06. The molecule has 0 spiro atoms. The van der Waals surface area contributed by atoms with Gasteiger partial charge in [-0.1, -0.05) is 5.04 Å². The van der Waals surface area contributed by atoms with E-state index in [1.165, 1.54) is 7.11 Å². The van der Waals surface area contributed by atoms with E-state index in [-0.39, 0.29) is 0 Å². The van der Waals surface area contributed by atoms with Crippen molar-refractivity contribution >= 4 is 18.6 Å². The Kier molecular flexibility index (Phi) is 13.3. The Morgan fingerprint density at radius 2 is 1.58 bits per heavy atom. The van der Waals surface area contributed by atoms with Gasteiger partial charge in [0.05, 0.1) is 7.11 Å². The van der Waals surface area contributed by atoms with Crippen LogP contribution >= 0.6 is 0 Å². The van der Waals surface area contributed by atoms with E-state index >= 15 is 0 Å². The van der Waals surface area contributed by atoms with Crippen molar-refractivity contribution in [3.05, 3.63) is 0 Å². The zero-order chi connectivity index (χ0) is 14.4. The summed E-state index contributed by atoms with van der Waals surface area (Å²) in [5.41, 5.74) is 0. The quantitative estimate of drug-likeness (QED) is 0.213. The molecular formula is C10H27NO6Si2. The monoisotopic (exact) mass is 313 g/mol. The van der Waals surface area contributed by atoms with E-state index in [0.29, 0.717) is 0 Å². The first-order valence-corrected chi connectivity index (χ1v) is 9.94. The number of nitrogens with one attached hydrogen (secondary N) is 1. The highest BCUT2D eigenvalue weighted by Crippen LogP contribution is 2.14. The van der Waals surface area contributed by atoms with Crippen molar-refractivity contribution in [2.75, 3.05) is 41.5 Å². The van der Waals surface area contributed by atoms with Crippen molar-refractivity contribution in [3.63, 3.8) is 0 Å². The van der Waals surface area contributed by atoms with E-state index in [0.717, 1.165) is 38.0 Å². The van der Waals surface area contributed by atoms with Crippen LogP contribution in [0.15, 0.2) is 0 Å². The van der Waals surface area contributed by atoms with Crippen LogP contribution in [0.3, 0.4) is 0 Å². The van der Waals surface area contributed by atoms with Gasteiger partial charge < -0.3 is 18.6 Å². The molecule has 0 aliphatic heterocycles. The summed E-state index contributed by atoms with van der Waals surface area (Å²) >= 11 is 0. The maximum Gasteiger partial charge on any atom is 0.500 e. The van der Waals surface area contributed by atoms with Crippen LogP contribution in [-0.2, 0) is 27.8 Å². The summed E-state index contributed by atoms with van der Waals surface area (Å²) < 4.78 is 20.9. The Bertz CT molecular complexity index is 189. The molecule has 7 nitrogen and oxygen atoms in total. The van der Waals surface area contributed by atoms with E-state index in [1.807, 2.05) is 0 Å². The SMILES string of the molecule is COOO[SiH2]CCCNCCC[Si](OC)(OC)OC. The lowest BCUT2D eigenvalue weighted by Gasteiger charge is -2.24. The molecule has 0 aromatic heterocycles. The Hall–Kier alpha value is 0.154. The molecule has 0 unspecified atom stereocenters. The molecule has 19 heavy (non-hydrogen) atoms. The molecule has 0 radical (unpaired) electrons. The molecule has 0 heterocycles. The lowest BCUT2D eigenvalue weighted by atomic mass is 10.4. The summed E-state index contributed by atoms with van der Waals surface area (Å²) in [7, 11) is 3.34. The van der Waals surface area contributed by atoms with Gasteiger partial charge >= 0.3 is 8.80 Å². The molecule has 0 bridgehead atoms. The second-order valence-electron chi connectivity index (χ2n) is 3.91. The minimum Gasteiger partial charge on any atom is -0.377 e. The second kappa shape index (κ2) is 13.2. The molecule has 0 aliphatic carbocycles. The Balaban J connectivity index is 3.35. The average Bonchev–Trinajstić information content (AvgIpc) is 2.46. The van der Waals surface area contributed by atoms with Crippen molar-refractivity contribution in [2.45, 2.75) is 24.9 Å². The van der Waals surface area contributed by atoms with Gasteiger partial charge in [-0.3, -0.25) is 4.58 Å². The van der Waals surface area contributed by atoms with Gasteiger partial charge in [0, 0.05) is 27.4 Å². The zero-order valence-corrected chi connectivity index (χ0v) is 14.8. The van der Waals surface area contributed by atoms with Gasteiger partial charge in [-0.25, -0.2) is 4.89 Å². The van der Waals surface area contributed by atoms with Gasteiger partial charge in [0.1, 0.15) is 0 Å². The highest BCUT2D eigenvalue weighted by molar-refractivity contribution is 6.60. The van der Waals surface area contributed by atoms with Gasteiger partial charge in [0.25, 0.3) is 0 Å². The topological polar surface area (TPSA) is 67.4 Å². The Morgan fingerprint density at radius 1 is 0.947 bits per heavy atom. The van der Waals surface area contributed by atoms with Crippen molar-refractivity contribution in [3.8, 4) is 0 Å². The molecule has 0 saturated heterocycles. The molecule has 0 aromatic rings. The van der Waals surface area contributed by atoms with Crippen molar-refractivity contribution in [2.24, 2.45) is 0 Å². The molecule has 0 saturated carbocycles. The van der Waals surface area contributed by atoms with Crippen LogP contribution in [0.1, 0.15) is 12.8 Å². The van der Waals surface area contributed by atoms with Gasteiger partial charge in [-0.05, 0) is 32.0 Å². The third-order valence-electron chi connectivity index (χ3n) is 2.72. The first-order valence-electron chi connectivity index (χ1n) is 6.43. The Labute approximate surface area is 119 Å². The molecule has 0 fully saturated rings. The first kappa shape index (κ1) is 19.2. The average molecular weight is 313 g/mol. The van der Waals surface area contributed by atoms with Crippen LogP contribution in [0, 0.1) is 0 Å². The molecular weight excluding hydrogens is 286 g/mol. The number of hydrogen-bond donors (Lipinski definition) is 1. The summed E-state index contributed by atoms with van der Waals surface area (Å²) in [5, 5.41) is 7.73. The molecule has 1 N–H and O–H groups in total. The van der Waals surface area contributed by atoms with Gasteiger partial charge in [0.15, 0.2) is 0 Å². The Morgan fingerprint density at radius 3 is 2.16 bits per heavy atom. The predicted octanol–water partition coefficient (Wildman–Crippen LogP) is 0.246. The van der Waals surface area contributed by atoms with Crippen molar-refractivity contribution < 1.29 is 27.8 Å². The maximum absolute atomic E-state index is 5.35. The van der Waals surface area contributed by atoms with E-state index in [9.17, 15) is 0 Å². The second-order valence-corrected chi connectivity index (χ2v) is 8.35. The number of rotatable bonds is 14. The lowest BCUT2D eigenvalue weighted by molar-refractivity contribution is -0.456. The standard InChI is InChI=1S/C10H27NO6Si2/c1-12-16-17-18-9-5-7-11-8-6-10-19(13-2,14-3)15-4/h11H,5-10,18H2,1-4H3. The van der Waals surface area contributed by atoms with Crippen LogP contribution in [0.25, 0.3) is 0 Å². The summed E-state index contributed by atoms with van der Waals surface area (Å²) in [6.07, 6.45) is 2.06. The van der Waals surface area contributed by atoms with Crippen LogP contribution < -0.4 is 5.32 Å². The summed E-state index contributed by atoms with van der Waals surface area (Å²) in [4.78, 5) is 4.33. The molecule has 0 amide bonds. The third-order valence-corrected chi connectivity index (χ3v) is 6.60. The molecule has 0 rings (SSSR count). The van der Waals surface area contributed by atoms with Crippen molar-refractivity contribution in [1.82, 2.24) is 5.32 Å². The molecule has 0 aliphatic rings. The molecule has 116 valence electrons. The van der Waals surface area contributed by atoms with E-state index in [2.05, 4.69) is 15.2 Å². The van der Waals surface area contributed by atoms with E-state index in [1.54, 1.807) is 21.3 Å². The molecule has 0 atom stereocenters. The summed E-state index contributed by atoms with van der Waals surface area (Å²) in [6, 6.07) is 1.88. The lowest BCUT2D eigenvalue weighted by Crippen LogP contribution is -2.43. The highest BCUT2D eigenvalue weighted by atomic mass is 28.4. The van der Waals surface area contributed by atoms with Gasteiger partial charge in [-0.2, -0.15) is 0 Å². The minimum absolute atomic E-state index is 0.613. The fraction of sp³-hybridized carbons (Fsp3) is 1.00. The van der Waals surface area contributed by atoms with E-state index in [4.69, 9.17) is 17.9 Å². The van der Waals surface area contributed by atoms with Gasteiger partial charge in [0.2, 0.25) is 9.76 Å². The number of hydrogen-bond acceptors (Lipinski definition) is 7. The highest BCUT2D eigenvalue weighted by Gasteiger charge is 2.36.